The van der Waals surface area contributed by atoms with Crippen LogP contribution in [0.15, 0.2) is 96.9 Å². The summed E-state index contributed by atoms with van der Waals surface area (Å²) in [6.45, 7) is 2.24. The first-order valence-electron chi connectivity index (χ1n) is 13.1. The van der Waals surface area contributed by atoms with Crippen molar-refractivity contribution in [2.75, 3.05) is 7.11 Å². The molecule has 0 amide bonds. The zero-order valence-electron chi connectivity index (χ0n) is 21.3. The Hall–Kier alpha value is -4.11. The van der Waals surface area contributed by atoms with E-state index in [1.165, 1.54) is 32.7 Å². The van der Waals surface area contributed by atoms with Gasteiger partial charge >= 0.3 is 0 Å². The minimum Gasteiger partial charge on any atom is -0.497 e. The minimum atomic E-state index is -0.310. The van der Waals surface area contributed by atoms with Crippen molar-refractivity contribution < 1.29 is 9.53 Å². The second-order valence-corrected chi connectivity index (χ2v) is 10.0. The number of hydrogen-bond donors (Lipinski definition) is 1. The summed E-state index contributed by atoms with van der Waals surface area (Å²) in [5.74, 6) is 0.670. The first kappa shape index (κ1) is 23.3. The maximum absolute atomic E-state index is 14.0. The van der Waals surface area contributed by atoms with Crippen LogP contribution in [0.2, 0.25) is 0 Å². The predicted molar refractivity (Wildman–Crippen MR) is 151 cm³/mol. The summed E-state index contributed by atoms with van der Waals surface area (Å²) in [6, 6.07) is 20.8. The number of carbonyl (C=O) groups is 1. The fraction of sp³-hybridized carbons (Fsp3) is 0.206. The molecule has 0 saturated carbocycles. The first-order chi connectivity index (χ1) is 18.1. The van der Waals surface area contributed by atoms with E-state index in [9.17, 15) is 4.79 Å². The van der Waals surface area contributed by atoms with E-state index in [4.69, 9.17) is 4.74 Å². The van der Waals surface area contributed by atoms with Gasteiger partial charge in [-0.1, -0.05) is 67.6 Å². The number of carbonyl (C=O) groups excluding carboxylic acids is 1. The van der Waals surface area contributed by atoms with Crippen molar-refractivity contribution in [2.45, 2.75) is 31.6 Å². The maximum Gasteiger partial charge on any atom is 0.169 e. The van der Waals surface area contributed by atoms with Crippen molar-refractivity contribution in [3.05, 3.63) is 124 Å². The van der Waals surface area contributed by atoms with Gasteiger partial charge < -0.3 is 10.1 Å². The summed E-state index contributed by atoms with van der Waals surface area (Å²) in [7, 11) is 1.65. The second-order valence-electron chi connectivity index (χ2n) is 10.0. The highest BCUT2D eigenvalue weighted by atomic mass is 16.5. The predicted octanol–water partition coefficient (Wildman–Crippen LogP) is 5.59. The summed E-state index contributed by atoms with van der Waals surface area (Å²) in [4.78, 5) is 14.0. The molecule has 0 bridgehead atoms. The second kappa shape index (κ2) is 9.40. The zero-order chi connectivity index (χ0) is 25.4. The molecule has 1 heterocycles. The topological polar surface area (TPSA) is 38.3 Å². The largest absolute Gasteiger partial charge is 0.497 e. The SMILES string of the molecule is CCC1(C2=CC=CC=CN2)CC(C(=O)c2ccc(OC)cc2)C=c2c1ccc1c2=CCc2ccccc2-1. The molecule has 184 valence electrons. The van der Waals surface area contributed by atoms with Gasteiger partial charge in [0.25, 0.3) is 0 Å². The van der Waals surface area contributed by atoms with E-state index in [0.29, 0.717) is 0 Å². The van der Waals surface area contributed by atoms with Gasteiger partial charge in [-0.25, -0.2) is 0 Å². The van der Waals surface area contributed by atoms with Gasteiger partial charge in [-0.05, 0) is 88.4 Å². The highest BCUT2D eigenvalue weighted by Gasteiger charge is 2.42. The van der Waals surface area contributed by atoms with E-state index >= 15 is 0 Å². The van der Waals surface area contributed by atoms with Crippen LogP contribution < -0.4 is 20.5 Å². The van der Waals surface area contributed by atoms with Gasteiger partial charge in [0.15, 0.2) is 5.78 Å². The van der Waals surface area contributed by atoms with E-state index in [1.807, 2.05) is 42.6 Å². The lowest BCUT2D eigenvalue weighted by Crippen LogP contribution is -2.48. The summed E-state index contributed by atoms with van der Waals surface area (Å²) >= 11 is 0. The third-order valence-electron chi connectivity index (χ3n) is 8.22. The number of Topliss-reactive ketones (excluding diaryl/α,β-unsaturated/α-hetero) is 1. The molecule has 2 aliphatic carbocycles. The Morgan fingerprint density at radius 3 is 2.62 bits per heavy atom. The number of benzene rings is 3. The Kier molecular flexibility index (Phi) is 5.92. The Morgan fingerprint density at radius 2 is 1.81 bits per heavy atom. The first-order valence-corrected chi connectivity index (χ1v) is 13.1. The van der Waals surface area contributed by atoms with Gasteiger partial charge in [0.1, 0.15) is 5.75 Å². The van der Waals surface area contributed by atoms with Crippen LogP contribution in [0.5, 0.6) is 5.75 Å². The molecule has 3 heteroatoms. The van der Waals surface area contributed by atoms with Crippen molar-refractivity contribution in [1.82, 2.24) is 5.32 Å². The Labute approximate surface area is 218 Å². The number of ether oxygens (including phenoxy) is 1. The van der Waals surface area contributed by atoms with Gasteiger partial charge in [0.05, 0.1) is 7.11 Å². The average Bonchev–Trinajstić information content (AvgIpc) is 3.26. The molecule has 0 fully saturated rings. The lowest BCUT2D eigenvalue weighted by Gasteiger charge is -2.41. The minimum absolute atomic E-state index is 0.153. The van der Waals surface area contributed by atoms with Crippen LogP contribution in [0.4, 0.5) is 0 Å². The van der Waals surface area contributed by atoms with Gasteiger partial charge in [0, 0.05) is 28.8 Å². The van der Waals surface area contributed by atoms with Crippen molar-refractivity contribution in [2.24, 2.45) is 5.92 Å². The Bertz CT molecular complexity index is 1590. The third kappa shape index (κ3) is 3.86. The number of allylic oxidation sites excluding steroid dienone is 5. The van der Waals surface area contributed by atoms with Crippen LogP contribution in [0, 0.1) is 5.92 Å². The van der Waals surface area contributed by atoms with Gasteiger partial charge in [-0.15, -0.1) is 0 Å². The van der Waals surface area contributed by atoms with Gasteiger partial charge in [-0.3, -0.25) is 4.79 Å². The van der Waals surface area contributed by atoms with E-state index in [0.717, 1.165) is 36.3 Å². The molecule has 6 rings (SSSR count). The number of fused-ring (bicyclic) bond motifs is 5. The Balaban J connectivity index is 1.58. The molecular weight excluding hydrogens is 454 g/mol. The standard InChI is InChI=1S/C34H31NO2/c1-3-34(32-11-5-4-8-20-35-32)22-25(33(36)24-12-15-26(37-2)16-13-24)21-30-29-17-14-23-9-6-7-10-27(23)28(29)18-19-31(30)34/h4-13,15-21,25,35H,3,14,22H2,1-2H3. The molecular formula is C34H31NO2. The molecule has 3 nitrogen and oxygen atoms in total. The van der Waals surface area contributed by atoms with Crippen LogP contribution >= 0.6 is 0 Å². The van der Waals surface area contributed by atoms with Crippen molar-refractivity contribution in [3.63, 3.8) is 0 Å². The van der Waals surface area contributed by atoms with Crippen LogP contribution in [0.25, 0.3) is 23.3 Å². The molecule has 0 aromatic heterocycles. The van der Waals surface area contributed by atoms with Crippen LogP contribution in [-0.2, 0) is 11.8 Å². The molecule has 2 atom stereocenters. The number of ketones is 1. The monoisotopic (exact) mass is 485 g/mol. The van der Waals surface area contributed by atoms with Gasteiger partial charge in [-0.2, -0.15) is 0 Å². The van der Waals surface area contributed by atoms with Crippen LogP contribution in [0.3, 0.4) is 0 Å². The van der Waals surface area contributed by atoms with Crippen LogP contribution in [0.1, 0.15) is 41.3 Å². The molecule has 0 radical (unpaired) electrons. The zero-order valence-corrected chi connectivity index (χ0v) is 21.3. The molecule has 0 saturated heterocycles. The lowest BCUT2D eigenvalue weighted by atomic mass is 9.64. The van der Waals surface area contributed by atoms with Gasteiger partial charge in [0.2, 0.25) is 0 Å². The summed E-state index contributed by atoms with van der Waals surface area (Å²) < 4.78 is 5.32. The molecule has 3 aromatic carbocycles. The van der Waals surface area contributed by atoms with Crippen molar-refractivity contribution >= 4 is 17.9 Å². The molecule has 0 spiro atoms. The Morgan fingerprint density at radius 1 is 0.973 bits per heavy atom. The fourth-order valence-electron chi connectivity index (χ4n) is 6.28. The molecule has 2 unspecified atom stereocenters. The quantitative estimate of drug-likeness (QED) is 0.479. The number of methoxy groups -OCH3 is 1. The molecule has 1 aliphatic heterocycles. The lowest BCUT2D eigenvalue weighted by molar-refractivity contribution is 0.0932. The van der Waals surface area contributed by atoms with E-state index in [2.05, 4.69) is 72.9 Å². The smallest absolute Gasteiger partial charge is 0.169 e. The number of rotatable bonds is 5. The average molecular weight is 486 g/mol. The molecule has 3 aliphatic rings. The number of nitrogens with one attached hydrogen (secondary N) is 1. The highest BCUT2D eigenvalue weighted by Crippen LogP contribution is 2.43. The van der Waals surface area contributed by atoms with Crippen molar-refractivity contribution in [1.29, 1.82) is 0 Å². The summed E-state index contributed by atoms with van der Waals surface area (Å²) in [5, 5.41) is 6.01. The number of hydrogen-bond acceptors (Lipinski definition) is 3. The summed E-state index contributed by atoms with van der Waals surface area (Å²) in [6.07, 6.45) is 17.4. The molecule has 1 N–H and O–H groups in total. The highest BCUT2D eigenvalue weighted by molar-refractivity contribution is 6.01. The molecule has 3 aromatic rings. The van der Waals surface area contributed by atoms with E-state index in [-0.39, 0.29) is 17.1 Å². The van der Waals surface area contributed by atoms with Crippen molar-refractivity contribution in [3.8, 4) is 16.9 Å². The van der Waals surface area contributed by atoms with Crippen LogP contribution in [-0.4, -0.2) is 12.9 Å². The maximum atomic E-state index is 14.0. The summed E-state index contributed by atoms with van der Waals surface area (Å²) in [5.41, 5.74) is 6.74. The van der Waals surface area contributed by atoms with E-state index < -0.39 is 0 Å². The normalized spacial score (nSPS) is 21.1. The third-order valence-corrected chi connectivity index (χ3v) is 8.22. The fourth-order valence-corrected chi connectivity index (χ4v) is 6.28. The van der Waals surface area contributed by atoms with E-state index in [1.54, 1.807) is 7.11 Å². The molecule has 37 heavy (non-hydrogen) atoms.